The lowest BCUT2D eigenvalue weighted by molar-refractivity contribution is 0.261. The predicted octanol–water partition coefficient (Wildman–Crippen LogP) is 2.80. The summed E-state index contributed by atoms with van der Waals surface area (Å²) < 4.78 is 5.74. The fraction of sp³-hybridized carbons (Fsp3) is 0.632. The number of guanidine groups is 1. The molecule has 0 amide bonds. The molecule has 5 heteroatoms. The molecule has 0 fully saturated rings. The van der Waals surface area contributed by atoms with Gasteiger partial charge < -0.3 is 20.3 Å². The van der Waals surface area contributed by atoms with E-state index >= 15 is 0 Å². The lowest BCUT2D eigenvalue weighted by Crippen LogP contribution is -2.41. The highest BCUT2D eigenvalue weighted by molar-refractivity contribution is 5.80. The summed E-state index contributed by atoms with van der Waals surface area (Å²) in [5, 5.41) is 6.93. The van der Waals surface area contributed by atoms with E-state index in [1.165, 1.54) is 18.4 Å². The third kappa shape index (κ3) is 5.71. The van der Waals surface area contributed by atoms with Crippen LogP contribution in [0.2, 0.25) is 0 Å². The topological polar surface area (TPSA) is 48.9 Å². The smallest absolute Gasteiger partial charge is 0.191 e. The van der Waals surface area contributed by atoms with Gasteiger partial charge in [-0.15, -0.1) is 0 Å². The molecule has 0 radical (unpaired) electrons. The minimum absolute atomic E-state index is 0.255. The van der Waals surface area contributed by atoms with Crippen molar-refractivity contribution in [3.05, 3.63) is 29.8 Å². The molecule has 0 saturated heterocycles. The van der Waals surface area contributed by atoms with Crippen LogP contribution in [0.1, 0.15) is 44.7 Å². The number of nitrogens with one attached hydrogen (secondary N) is 2. The van der Waals surface area contributed by atoms with Crippen molar-refractivity contribution >= 4 is 5.96 Å². The Hall–Kier alpha value is -1.75. The second-order valence-corrected chi connectivity index (χ2v) is 6.29. The molecular formula is C19H32N4O. The molecule has 1 aliphatic rings. The minimum atomic E-state index is 0.255. The summed E-state index contributed by atoms with van der Waals surface area (Å²) >= 11 is 0. The number of unbranched alkanes of at least 4 members (excludes halogenated alkanes) is 1. The maximum Gasteiger partial charge on any atom is 0.191 e. The number of ether oxygens (including phenoxy) is 1. The lowest BCUT2D eigenvalue weighted by Gasteiger charge is -2.28. The largest absolute Gasteiger partial charge is 0.493 e. The third-order valence-electron chi connectivity index (χ3n) is 4.26. The van der Waals surface area contributed by atoms with Crippen molar-refractivity contribution in [3.63, 3.8) is 0 Å². The molecule has 0 aromatic heterocycles. The van der Waals surface area contributed by atoms with Gasteiger partial charge in [0.25, 0.3) is 0 Å². The Morgan fingerprint density at radius 3 is 2.92 bits per heavy atom. The monoisotopic (exact) mass is 332 g/mol. The van der Waals surface area contributed by atoms with Crippen molar-refractivity contribution < 1.29 is 4.74 Å². The van der Waals surface area contributed by atoms with Crippen LogP contribution in [0.15, 0.2) is 29.3 Å². The lowest BCUT2D eigenvalue weighted by atomic mass is 10.0. The third-order valence-corrected chi connectivity index (χ3v) is 4.26. The van der Waals surface area contributed by atoms with Crippen LogP contribution >= 0.6 is 0 Å². The van der Waals surface area contributed by atoms with Crippen molar-refractivity contribution in [2.24, 2.45) is 4.99 Å². The standard InChI is InChI=1S/C19H32N4O/c1-4-6-13-23(3)14-12-21-19(20-5-2)22-17-11-15-24-18-10-8-7-9-16(17)18/h7-10,17H,4-6,11-15H2,1-3H3,(H2,20,21,22). The minimum Gasteiger partial charge on any atom is -0.493 e. The molecule has 0 aliphatic carbocycles. The first kappa shape index (κ1) is 18.6. The Balaban J connectivity index is 1.92. The Morgan fingerprint density at radius 1 is 1.29 bits per heavy atom. The maximum atomic E-state index is 5.74. The fourth-order valence-corrected chi connectivity index (χ4v) is 2.85. The Bertz CT molecular complexity index is 518. The van der Waals surface area contributed by atoms with E-state index in [9.17, 15) is 0 Å². The summed E-state index contributed by atoms with van der Waals surface area (Å²) in [5.41, 5.74) is 1.22. The van der Waals surface area contributed by atoms with Crippen LogP contribution in [0, 0.1) is 0 Å². The van der Waals surface area contributed by atoms with Gasteiger partial charge in [-0.1, -0.05) is 31.5 Å². The molecule has 0 spiro atoms. The number of likely N-dealkylation sites (N-methyl/N-ethyl adjacent to an activating group) is 1. The predicted molar refractivity (Wildman–Crippen MR) is 101 cm³/mol. The highest BCUT2D eigenvalue weighted by atomic mass is 16.5. The van der Waals surface area contributed by atoms with Crippen molar-refractivity contribution in [2.45, 2.75) is 39.2 Å². The van der Waals surface area contributed by atoms with Crippen LogP contribution in [0.3, 0.4) is 0 Å². The molecule has 1 atom stereocenters. The van der Waals surface area contributed by atoms with Crippen LogP contribution in [-0.4, -0.2) is 50.7 Å². The second kappa shape index (κ2) is 10.2. The van der Waals surface area contributed by atoms with Gasteiger partial charge in [0.2, 0.25) is 0 Å². The first-order chi connectivity index (χ1) is 11.7. The second-order valence-electron chi connectivity index (χ2n) is 6.29. The molecule has 2 N–H and O–H groups in total. The average Bonchev–Trinajstić information content (AvgIpc) is 2.60. The summed E-state index contributed by atoms with van der Waals surface area (Å²) in [6.07, 6.45) is 3.44. The number of fused-ring (bicyclic) bond motifs is 1. The Labute approximate surface area is 146 Å². The van der Waals surface area contributed by atoms with Gasteiger partial charge in [0, 0.05) is 25.1 Å². The van der Waals surface area contributed by atoms with Gasteiger partial charge in [0.05, 0.1) is 19.2 Å². The number of rotatable bonds is 8. The van der Waals surface area contributed by atoms with Crippen molar-refractivity contribution in [1.29, 1.82) is 0 Å². The zero-order valence-electron chi connectivity index (χ0n) is 15.3. The van der Waals surface area contributed by atoms with E-state index < -0.39 is 0 Å². The van der Waals surface area contributed by atoms with Gasteiger partial charge in [-0.2, -0.15) is 0 Å². The first-order valence-electron chi connectivity index (χ1n) is 9.19. The maximum absolute atomic E-state index is 5.74. The van der Waals surface area contributed by atoms with Gasteiger partial charge >= 0.3 is 0 Å². The summed E-state index contributed by atoms with van der Waals surface area (Å²) in [6, 6.07) is 8.51. The van der Waals surface area contributed by atoms with Gasteiger partial charge in [0.1, 0.15) is 5.75 Å². The van der Waals surface area contributed by atoms with Crippen molar-refractivity contribution in [1.82, 2.24) is 15.5 Å². The Morgan fingerprint density at radius 2 is 2.12 bits per heavy atom. The highest BCUT2D eigenvalue weighted by Gasteiger charge is 2.21. The number of hydrogen-bond acceptors (Lipinski definition) is 3. The molecule has 1 unspecified atom stereocenters. The molecule has 1 aromatic rings. The number of hydrogen-bond donors (Lipinski definition) is 2. The number of aliphatic imine (C=N–C) groups is 1. The summed E-state index contributed by atoms with van der Waals surface area (Å²) in [5.74, 6) is 1.87. The molecule has 2 rings (SSSR count). The summed E-state index contributed by atoms with van der Waals surface area (Å²) in [7, 11) is 2.17. The highest BCUT2D eigenvalue weighted by Crippen LogP contribution is 2.31. The van der Waals surface area contributed by atoms with Gasteiger partial charge in [-0.05, 0) is 33.0 Å². The number of benzene rings is 1. The summed E-state index contributed by atoms with van der Waals surface area (Å²) in [6.45, 7) is 8.87. The zero-order valence-corrected chi connectivity index (χ0v) is 15.3. The Kier molecular flexibility index (Phi) is 7.89. The average molecular weight is 332 g/mol. The van der Waals surface area contributed by atoms with E-state index in [1.807, 2.05) is 12.1 Å². The van der Waals surface area contributed by atoms with E-state index in [0.29, 0.717) is 0 Å². The molecule has 1 heterocycles. The van der Waals surface area contributed by atoms with Crippen LogP contribution in [0.5, 0.6) is 5.75 Å². The quantitative estimate of drug-likeness (QED) is 0.568. The molecule has 24 heavy (non-hydrogen) atoms. The first-order valence-corrected chi connectivity index (χ1v) is 9.19. The molecule has 134 valence electrons. The van der Waals surface area contributed by atoms with E-state index in [-0.39, 0.29) is 6.04 Å². The SMILES string of the molecule is CCCCN(C)CCN=C(NCC)NC1CCOc2ccccc21. The molecule has 5 nitrogen and oxygen atoms in total. The summed E-state index contributed by atoms with van der Waals surface area (Å²) in [4.78, 5) is 7.09. The number of nitrogens with zero attached hydrogens (tertiary/aromatic N) is 2. The normalized spacial score (nSPS) is 17.3. The van der Waals surface area contributed by atoms with Gasteiger partial charge in [0.15, 0.2) is 5.96 Å². The molecular weight excluding hydrogens is 300 g/mol. The molecule has 0 saturated carbocycles. The van der Waals surface area contributed by atoms with Crippen LogP contribution < -0.4 is 15.4 Å². The van der Waals surface area contributed by atoms with Crippen LogP contribution in [0.25, 0.3) is 0 Å². The van der Waals surface area contributed by atoms with Crippen LogP contribution in [0.4, 0.5) is 0 Å². The van der Waals surface area contributed by atoms with Gasteiger partial charge in [-0.3, -0.25) is 4.99 Å². The fourth-order valence-electron chi connectivity index (χ4n) is 2.85. The molecule has 1 aliphatic heterocycles. The van der Waals surface area contributed by atoms with Crippen molar-refractivity contribution in [3.8, 4) is 5.75 Å². The van der Waals surface area contributed by atoms with E-state index in [4.69, 9.17) is 9.73 Å². The molecule has 0 bridgehead atoms. The molecule has 1 aromatic carbocycles. The van der Waals surface area contributed by atoms with E-state index in [1.54, 1.807) is 0 Å². The zero-order chi connectivity index (χ0) is 17.2. The van der Waals surface area contributed by atoms with Gasteiger partial charge in [-0.25, -0.2) is 0 Å². The van der Waals surface area contributed by atoms with Crippen molar-refractivity contribution in [2.75, 3.05) is 39.8 Å². The van der Waals surface area contributed by atoms with E-state index in [2.05, 4.69) is 48.6 Å². The number of para-hydroxylation sites is 1. The van der Waals surface area contributed by atoms with Crippen LogP contribution in [-0.2, 0) is 0 Å². The van der Waals surface area contributed by atoms with E-state index in [0.717, 1.165) is 50.9 Å².